The van der Waals surface area contributed by atoms with Crippen molar-refractivity contribution in [3.8, 4) is 17.6 Å². The molecular weight excluding hydrogens is 506 g/mol. The number of esters is 1. The fourth-order valence-corrected chi connectivity index (χ4v) is 4.97. The molecule has 0 unspecified atom stereocenters. The quantitative estimate of drug-likeness (QED) is 0.274. The van der Waals surface area contributed by atoms with Crippen molar-refractivity contribution < 1.29 is 32.7 Å². The number of ether oxygens (including phenoxy) is 2. The molecule has 7 nitrogen and oxygen atoms in total. The van der Waals surface area contributed by atoms with Crippen molar-refractivity contribution in [3.63, 3.8) is 0 Å². The highest BCUT2D eigenvalue weighted by molar-refractivity contribution is 5.98. The second-order valence-electron chi connectivity index (χ2n) is 9.30. The summed E-state index contributed by atoms with van der Waals surface area (Å²) in [5.41, 5.74) is 0.507. The highest BCUT2D eigenvalue weighted by atomic mass is 19.1. The molecule has 1 aliphatic rings. The number of hydroxylamine groups is 2. The summed E-state index contributed by atoms with van der Waals surface area (Å²) in [7, 11) is 1.46. The molecule has 3 aromatic rings. The molecular formula is C30H28F2N2O5. The Hall–Kier alpha value is -4.29. The molecule has 0 amide bonds. The number of hydrogen-bond acceptors (Lipinski definition) is 7. The van der Waals surface area contributed by atoms with Crippen LogP contribution >= 0.6 is 0 Å². The van der Waals surface area contributed by atoms with E-state index in [0.717, 1.165) is 0 Å². The fourth-order valence-electron chi connectivity index (χ4n) is 4.97. The van der Waals surface area contributed by atoms with Gasteiger partial charge >= 0.3 is 5.97 Å². The molecule has 1 aliphatic heterocycles. The van der Waals surface area contributed by atoms with Crippen LogP contribution in [0.1, 0.15) is 41.3 Å². The number of nitrogens with zero attached hydrogens (tertiary/aromatic N) is 2. The van der Waals surface area contributed by atoms with E-state index >= 15 is 0 Å². The minimum atomic E-state index is -1.10. The first-order chi connectivity index (χ1) is 18.8. The van der Waals surface area contributed by atoms with Gasteiger partial charge in [-0.1, -0.05) is 24.3 Å². The summed E-state index contributed by atoms with van der Waals surface area (Å²) in [5, 5.41) is 12.3. The van der Waals surface area contributed by atoms with Gasteiger partial charge in [-0.25, -0.2) is 8.78 Å². The zero-order chi connectivity index (χ0) is 28.0. The van der Waals surface area contributed by atoms with Gasteiger partial charge in [0.1, 0.15) is 17.0 Å². The van der Waals surface area contributed by atoms with Gasteiger partial charge in [0.25, 0.3) is 0 Å². The molecule has 1 saturated heterocycles. The zero-order valence-electron chi connectivity index (χ0n) is 21.7. The van der Waals surface area contributed by atoms with Crippen molar-refractivity contribution in [3.05, 3.63) is 95.1 Å². The molecule has 0 aliphatic carbocycles. The molecule has 0 spiro atoms. The van der Waals surface area contributed by atoms with Gasteiger partial charge in [0.2, 0.25) is 0 Å². The van der Waals surface area contributed by atoms with Crippen LogP contribution in [-0.4, -0.2) is 43.6 Å². The number of hydrogen-bond donors (Lipinski definition) is 0. The van der Waals surface area contributed by atoms with Crippen molar-refractivity contribution in [1.82, 2.24) is 5.06 Å². The zero-order valence-corrected chi connectivity index (χ0v) is 21.7. The number of Topliss-reactive ketones (excluding diaryl/α,β-unsaturated/α-hetero) is 1. The Morgan fingerprint density at radius 3 is 2.00 bits per heavy atom. The summed E-state index contributed by atoms with van der Waals surface area (Å²) in [4.78, 5) is 29.4. The van der Waals surface area contributed by atoms with Crippen LogP contribution in [0, 0.1) is 28.9 Å². The lowest BCUT2D eigenvalue weighted by Gasteiger charge is -2.41. The molecule has 0 atom stereocenters. The first kappa shape index (κ1) is 27.7. The maximum Gasteiger partial charge on any atom is 0.303 e. The van der Waals surface area contributed by atoms with Crippen LogP contribution in [0.3, 0.4) is 0 Å². The molecule has 0 radical (unpaired) electrons. The van der Waals surface area contributed by atoms with Crippen LogP contribution in [0.25, 0.3) is 0 Å². The van der Waals surface area contributed by atoms with E-state index in [2.05, 4.69) is 6.07 Å². The maximum atomic E-state index is 13.7. The van der Waals surface area contributed by atoms with Crippen LogP contribution in [0.2, 0.25) is 0 Å². The summed E-state index contributed by atoms with van der Waals surface area (Å²) in [6, 6.07) is 19.0. The lowest BCUT2D eigenvalue weighted by Crippen LogP contribution is -2.44. The molecule has 0 N–H and O–H groups in total. The van der Waals surface area contributed by atoms with E-state index in [1.807, 2.05) is 0 Å². The monoisotopic (exact) mass is 534 g/mol. The van der Waals surface area contributed by atoms with E-state index in [9.17, 15) is 23.6 Å². The lowest BCUT2D eigenvalue weighted by molar-refractivity contribution is -0.139. The van der Waals surface area contributed by atoms with Gasteiger partial charge in [-0.2, -0.15) is 5.26 Å². The number of ketones is 1. The molecule has 1 fully saturated rings. The first-order valence-electron chi connectivity index (χ1n) is 12.5. The van der Waals surface area contributed by atoms with Gasteiger partial charge < -0.3 is 14.3 Å². The van der Waals surface area contributed by atoms with E-state index in [-0.39, 0.29) is 18.3 Å². The molecule has 0 bridgehead atoms. The third-order valence-corrected chi connectivity index (χ3v) is 6.96. The number of carbonyl (C=O) groups is 2. The molecule has 0 saturated carbocycles. The average molecular weight is 535 g/mol. The fraction of sp³-hybridized carbons (Fsp3) is 0.300. The molecule has 0 aromatic heterocycles. The van der Waals surface area contributed by atoms with Gasteiger partial charge in [0.15, 0.2) is 23.9 Å². The normalized spacial score (nSPS) is 14.3. The Labute approximate surface area is 225 Å². The van der Waals surface area contributed by atoms with Crippen molar-refractivity contribution in [2.75, 3.05) is 26.8 Å². The number of benzene rings is 3. The van der Waals surface area contributed by atoms with Gasteiger partial charge in [-0.3, -0.25) is 9.59 Å². The topological polar surface area (TPSA) is 88.9 Å². The highest BCUT2D eigenvalue weighted by Gasteiger charge is 2.44. The molecule has 4 rings (SSSR count). The number of nitriles is 1. The third kappa shape index (κ3) is 6.07. The summed E-state index contributed by atoms with van der Waals surface area (Å²) in [6.07, 6.45) is 1.15. The molecule has 9 heteroatoms. The Morgan fingerprint density at radius 2 is 1.51 bits per heavy atom. The standard InChI is InChI=1S/C30H28F2N2O5/c1-20(35)38-18-27(36)21-3-12-28(29(17-21)37-2)39-34-15-13-24(14-16-34)30(19-33,22-4-8-25(31)9-5-22)23-6-10-26(32)11-7-23/h3-12,17,24H,13-16,18H2,1-2H3. The Morgan fingerprint density at radius 1 is 0.949 bits per heavy atom. The maximum absolute atomic E-state index is 13.7. The first-order valence-corrected chi connectivity index (χ1v) is 12.5. The van der Waals surface area contributed by atoms with Gasteiger partial charge in [-0.15, -0.1) is 5.06 Å². The number of methoxy groups -OCH3 is 1. The van der Waals surface area contributed by atoms with E-state index in [4.69, 9.17) is 14.3 Å². The van der Waals surface area contributed by atoms with Crippen LogP contribution in [0.15, 0.2) is 66.7 Å². The third-order valence-electron chi connectivity index (χ3n) is 6.96. The molecule has 202 valence electrons. The van der Waals surface area contributed by atoms with E-state index in [0.29, 0.717) is 54.1 Å². The summed E-state index contributed by atoms with van der Waals surface area (Å²) in [5.74, 6) is -1.12. The van der Waals surface area contributed by atoms with Crippen LogP contribution < -0.4 is 9.57 Å². The Kier molecular flexibility index (Phi) is 8.57. The predicted octanol–water partition coefficient (Wildman–Crippen LogP) is 5.23. The Bertz CT molecular complexity index is 1320. The summed E-state index contributed by atoms with van der Waals surface area (Å²) >= 11 is 0. The summed E-state index contributed by atoms with van der Waals surface area (Å²) < 4.78 is 37.7. The van der Waals surface area contributed by atoms with Gasteiger partial charge in [0.05, 0.1) is 13.2 Å². The number of rotatable bonds is 9. The van der Waals surface area contributed by atoms with E-state index < -0.39 is 23.0 Å². The van der Waals surface area contributed by atoms with Gasteiger partial charge in [0, 0.05) is 25.6 Å². The predicted molar refractivity (Wildman–Crippen MR) is 138 cm³/mol. The van der Waals surface area contributed by atoms with Crippen LogP contribution in [0.4, 0.5) is 8.78 Å². The van der Waals surface area contributed by atoms with Crippen molar-refractivity contribution >= 4 is 11.8 Å². The molecule has 3 aromatic carbocycles. The van der Waals surface area contributed by atoms with Crippen molar-refractivity contribution in [2.45, 2.75) is 25.2 Å². The average Bonchev–Trinajstić information content (AvgIpc) is 2.95. The largest absolute Gasteiger partial charge is 0.493 e. The molecule has 39 heavy (non-hydrogen) atoms. The number of carbonyl (C=O) groups excluding carboxylic acids is 2. The van der Waals surface area contributed by atoms with E-state index in [1.54, 1.807) is 41.5 Å². The SMILES string of the molecule is COc1cc(C(=O)COC(C)=O)ccc1ON1CCC(C(C#N)(c2ccc(F)cc2)c2ccc(F)cc2)CC1. The van der Waals surface area contributed by atoms with Crippen molar-refractivity contribution in [2.24, 2.45) is 5.92 Å². The lowest BCUT2D eigenvalue weighted by atomic mass is 9.64. The Balaban J connectivity index is 1.52. The minimum absolute atomic E-state index is 0.151. The van der Waals surface area contributed by atoms with Crippen molar-refractivity contribution in [1.29, 1.82) is 5.26 Å². The number of piperidine rings is 1. The van der Waals surface area contributed by atoms with Gasteiger partial charge in [-0.05, 0) is 72.4 Å². The second-order valence-corrected chi connectivity index (χ2v) is 9.30. The van der Waals surface area contributed by atoms with Crippen LogP contribution in [-0.2, 0) is 14.9 Å². The molecule has 1 heterocycles. The summed E-state index contributed by atoms with van der Waals surface area (Å²) in [6.45, 7) is 1.82. The van der Waals surface area contributed by atoms with E-state index in [1.165, 1.54) is 44.4 Å². The van der Waals surface area contributed by atoms with Crippen LogP contribution in [0.5, 0.6) is 11.5 Å². The smallest absolute Gasteiger partial charge is 0.303 e. The highest BCUT2D eigenvalue weighted by Crippen LogP contribution is 2.44. The number of halogens is 2. The minimum Gasteiger partial charge on any atom is -0.493 e. The second kappa shape index (κ2) is 12.0.